The Morgan fingerprint density at radius 2 is 2.08 bits per heavy atom. The summed E-state index contributed by atoms with van der Waals surface area (Å²) in [5, 5.41) is 0. The molecule has 0 fully saturated rings. The Bertz CT molecular complexity index is 250. The van der Waals surface area contributed by atoms with Gasteiger partial charge in [0.25, 0.3) is 0 Å². The van der Waals surface area contributed by atoms with Crippen molar-refractivity contribution in [2.45, 2.75) is 13.5 Å². The number of hydrogen-bond donors (Lipinski definition) is 1. The monoisotopic (exact) mass is 187 g/mol. The van der Waals surface area contributed by atoms with Gasteiger partial charge in [0.15, 0.2) is 0 Å². The summed E-state index contributed by atoms with van der Waals surface area (Å²) in [6.45, 7) is 2.60. The molecule has 3 heteroatoms. The lowest BCUT2D eigenvalue weighted by atomic mass is 10.1. The number of halogens is 1. The van der Waals surface area contributed by atoms with Crippen molar-refractivity contribution in [3.8, 4) is 5.75 Å². The molecule has 0 unspecified atom stereocenters. The summed E-state index contributed by atoms with van der Waals surface area (Å²) < 4.78 is 5.10. The smallest absolute Gasteiger partial charge is 0.121 e. The van der Waals surface area contributed by atoms with Gasteiger partial charge < -0.3 is 10.5 Å². The second-order valence-corrected chi connectivity index (χ2v) is 2.51. The molecule has 0 aliphatic carbocycles. The predicted molar refractivity (Wildman–Crippen MR) is 52.9 cm³/mol. The molecule has 0 heterocycles. The topological polar surface area (TPSA) is 35.2 Å². The molecule has 0 atom stereocenters. The van der Waals surface area contributed by atoms with Crippen LogP contribution < -0.4 is 10.5 Å². The van der Waals surface area contributed by atoms with E-state index in [9.17, 15) is 0 Å². The molecule has 2 N–H and O–H groups in total. The van der Waals surface area contributed by atoms with Crippen LogP contribution in [0.2, 0.25) is 0 Å². The van der Waals surface area contributed by atoms with E-state index < -0.39 is 0 Å². The Hall–Kier alpha value is -0.730. The van der Waals surface area contributed by atoms with Crippen LogP contribution in [0.15, 0.2) is 18.2 Å². The van der Waals surface area contributed by atoms with Gasteiger partial charge in [-0.1, -0.05) is 12.1 Å². The molecule has 68 valence electrons. The molecule has 0 amide bonds. The molecule has 0 aliphatic heterocycles. The first-order chi connectivity index (χ1) is 5.27. The molecule has 0 bridgehead atoms. The van der Waals surface area contributed by atoms with Gasteiger partial charge in [0.05, 0.1) is 7.11 Å². The van der Waals surface area contributed by atoms with E-state index in [1.807, 2.05) is 25.1 Å². The van der Waals surface area contributed by atoms with Crippen LogP contribution >= 0.6 is 12.4 Å². The molecule has 1 aromatic rings. The number of aryl methyl sites for hydroxylation is 1. The summed E-state index contributed by atoms with van der Waals surface area (Å²) in [4.78, 5) is 0. The van der Waals surface area contributed by atoms with E-state index in [4.69, 9.17) is 10.5 Å². The zero-order chi connectivity index (χ0) is 8.27. The first-order valence-electron chi connectivity index (χ1n) is 3.61. The Labute approximate surface area is 79.1 Å². The van der Waals surface area contributed by atoms with Gasteiger partial charge in [-0.2, -0.15) is 0 Å². The van der Waals surface area contributed by atoms with E-state index in [0.29, 0.717) is 6.54 Å². The first-order valence-corrected chi connectivity index (χ1v) is 3.61. The van der Waals surface area contributed by atoms with Gasteiger partial charge in [-0.15, -0.1) is 12.4 Å². The minimum absolute atomic E-state index is 0. The fourth-order valence-corrected chi connectivity index (χ4v) is 1.07. The lowest BCUT2D eigenvalue weighted by Gasteiger charge is -2.05. The summed E-state index contributed by atoms with van der Waals surface area (Å²) in [6.07, 6.45) is 0. The van der Waals surface area contributed by atoms with E-state index in [-0.39, 0.29) is 12.4 Å². The zero-order valence-corrected chi connectivity index (χ0v) is 8.15. The van der Waals surface area contributed by atoms with Crippen molar-refractivity contribution in [2.75, 3.05) is 7.11 Å². The first kappa shape index (κ1) is 11.3. The van der Waals surface area contributed by atoms with Crippen LogP contribution in [0.3, 0.4) is 0 Å². The van der Waals surface area contributed by atoms with Crippen LogP contribution in [0.4, 0.5) is 0 Å². The summed E-state index contributed by atoms with van der Waals surface area (Å²) in [5.74, 6) is 0.919. The van der Waals surface area contributed by atoms with E-state index in [1.165, 1.54) is 0 Å². The van der Waals surface area contributed by atoms with Gasteiger partial charge in [-0.3, -0.25) is 0 Å². The summed E-state index contributed by atoms with van der Waals surface area (Å²) in [7, 11) is 1.67. The molecular weight excluding hydrogens is 174 g/mol. The van der Waals surface area contributed by atoms with Crippen LogP contribution in [-0.4, -0.2) is 7.11 Å². The van der Waals surface area contributed by atoms with Crippen LogP contribution in [0, 0.1) is 6.92 Å². The summed E-state index contributed by atoms with van der Waals surface area (Å²) in [5.41, 5.74) is 7.75. The van der Waals surface area contributed by atoms with E-state index in [0.717, 1.165) is 16.9 Å². The van der Waals surface area contributed by atoms with Gasteiger partial charge in [-0.25, -0.2) is 0 Å². The van der Waals surface area contributed by atoms with Gasteiger partial charge in [0.1, 0.15) is 5.75 Å². The zero-order valence-electron chi connectivity index (χ0n) is 7.33. The highest BCUT2D eigenvalue weighted by Gasteiger charge is 1.96. The van der Waals surface area contributed by atoms with Crippen LogP contribution in [0.1, 0.15) is 11.1 Å². The molecule has 0 saturated carbocycles. The fraction of sp³-hybridized carbons (Fsp3) is 0.333. The van der Waals surface area contributed by atoms with E-state index in [2.05, 4.69) is 0 Å². The van der Waals surface area contributed by atoms with Crippen molar-refractivity contribution in [1.29, 1.82) is 0 Å². The predicted octanol–water partition coefficient (Wildman–Crippen LogP) is 1.88. The Balaban J connectivity index is 0.00000121. The highest BCUT2D eigenvalue weighted by atomic mass is 35.5. The van der Waals surface area contributed by atoms with Crippen molar-refractivity contribution < 1.29 is 4.74 Å². The lowest BCUT2D eigenvalue weighted by Crippen LogP contribution is -1.97. The SMILES string of the molecule is COc1ccc(CN)cc1C.Cl. The number of benzene rings is 1. The second-order valence-electron chi connectivity index (χ2n) is 2.51. The Kier molecular flexibility index (Phi) is 4.71. The van der Waals surface area contributed by atoms with Crippen molar-refractivity contribution in [3.63, 3.8) is 0 Å². The Morgan fingerprint density at radius 3 is 2.50 bits per heavy atom. The van der Waals surface area contributed by atoms with Gasteiger partial charge in [0.2, 0.25) is 0 Å². The quantitative estimate of drug-likeness (QED) is 0.768. The van der Waals surface area contributed by atoms with Gasteiger partial charge >= 0.3 is 0 Å². The molecule has 0 aliphatic rings. The molecule has 0 saturated heterocycles. The molecule has 1 aromatic carbocycles. The van der Waals surface area contributed by atoms with Gasteiger partial charge in [-0.05, 0) is 24.1 Å². The van der Waals surface area contributed by atoms with Crippen LogP contribution in [0.25, 0.3) is 0 Å². The Morgan fingerprint density at radius 1 is 1.42 bits per heavy atom. The standard InChI is InChI=1S/C9H13NO.ClH/c1-7-5-8(6-10)3-4-9(7)11-2;/h3-5H,6,10H2,1-2H3;1H. The lowest BCUT2D eigenvalue weighted by molar-refractivity contribution is 0.411. The molecular formula is C9H14ClNO. The maximum absolute atomic E-state index is 5.47. The number of rotatable bonds is 2. The molecule has 1 rings (SSSR count). The average Bonchev–Trinajstić information content (AvgIpc) is 2.04. The van der Waals surface area contributed by atoms with Crippen molar-refractivity contribution in [2.24, 2.45) is 5.73 Å². The second kappa shape index (κ2) is 5.01. The van der Waals surface area contributed by atoms with Crippen molar-refractivity contribution >= 4 is 12.4 Å². The maximum Gasteiger partial charge on any atom is 0.121 e. The van der Waals surface area contributed by atoms with Crippen molar-refractivity contribution in [3.05, 3.63) is 29.3 Å². The number of hydrogen-bond acceptors (Lipinski definition) is 2. The van der Waals surface area contributed by atoms with Crippen LogP contribution in [-0.2, 0) is 6.54 Å². The molecule has 0 spiro atoms. The summed E-state index contributed by atoms with van der Waals surface area (Å²) >= 11 is 0. The minimum Gasteiger partial charge on any atom is -0.496 e. The van der Waals surface area contributed by atoms with Crippen molar-refractivity contribution in [1.82, 2.24) is 0 Å². The number of nitrogens with two attached hydrogens (primary N) is 1. The molecule has 12 heavy (non-hydrogen) atoms. The highest BCUT2D eigenvalue weighted by molar-refractivity contribution is 5.85. The molecule has 2 nitrogen and oxygen atoms in total. The minimum atomic E-state index is 0. The third-order valence-corrected chi connectivity index (χ3v) is 1.69. The van der Waals surface area contributed by atoms with E-state index >= 15 is 0 Å². The largest absolute Gasteiger partial charge is 0.496 e. The normalized spacial score (nSPS) is 8.92. The average molecular weight is 188 g/mol. The molecule has 0 radical (unpaired) electrons. The maximum atomic E-state index is 5.47. The van der Waals surface area contributed by atoms with Gasteiger partial charge in [0, 0.05) is 6.54 Å². The van der Waals surface area contributed by atoms with E-state index in [1.54, 1.807) is 7.11 Å². The fourth-order valence-electron chi connectivity index (χ4n) is 1.07. The number of methoxy groups -OCH3 is 1. The summed E-state index contributed by atoms with van der Waals surface area (Å²) in [6, 6.07) is 5.96. The number of ether oxygens (including phenoxy) is 1. The highest BCUT2D eigenvalue weighted by Crippen LogP contribution is 2.17. The molecule has 0 aromatic heterocycles. The third kappa shape index (κ3) is 2.40. The third-order valence-electron chi connectivity index (χ3n) is 1.69. The van der Waals surface area contributed by atoms with Crippen LogP contribution in [0.5, 0.6) is 5.75 Å².